The fourth-order valence-corrected chi connectivity index (χ4v) is 3.45. The zero-order valence-electron chi connectivity index (χ0n) is 15.7. The Hall–Kier alpha value is -1.63. The molecule has 0 radical (unpaired) electrons. The molecule has 2 fully saturated rings. The van der Waals surface area contributed by atoms with Gasteiger partial charge in [0.1, 0.15) is 11.9 Å². The minimum absolute atomic E-state index is 0.0272. The summed E-state index contributed by atoms with van der Waals surface area (Å²) in [7, 11) is 0. The zero-order valence-corrected chi connectivity index (χ0v) is 15.7. The number of hydrogen-bond acceptors (Lipinski definition) is 5. The van der Waals surface area contributed by atoms with Crippen LogP contribution in [-0.4, -0.2) is 61.0 Å². The van der Waals surface area contributed by atoms with Crippen LogP contribution in [-0.2, 0) is 9.53 Å². The molecule has 2 aliphatic rings. The zero-order chi connectivity index (χ0) is 18.5. The van der Waals surface area contributed by atoms with Crippen molar-refractivity contribution in [3.63, 3.8) is 0 Å². The maximum absolute atomic E-state index is 13.1. The predicted octanol–water partition coefficient (Wildman–Crippen LogP) is 1.80. The Morgan fingerprint density at radius 1 is 1.42 bits per heavy atom. The van der Waals surface area contributed by atoms with Crippen molar-refractivity contribution < 1.29 is 19.4 Å². The monoisotopic (exact) mass is 362 g/mol. The van der Waals surface area contributed by atoms with Crippen molar-refractivity contribution in [2.24, 2.45) is 0 Å². The highest BCUT2D eigenvalue weighted by atomic mass is 16.5. The second-order valence-corrected chi connectivity index (χ2v) is 7.22. The van der Waals surface area contributed by atoms with Gasteiger partial charge in [0.05, 0.1) is 19.3 Å². The number of rotatable bonds is 8. The van der Waals surface area contributed by atoms with Gasteiger partial charge in [-0.15, -0.1) is 0 Å². The molecule has 1 heterocycles. The minimum Gasteiger partial charge on any atom is -0.493 e. The first-order chi connectivity index (χ1) is 12.6. The number of nitrogens with one attached hydrogen (secondary N) is 1. The standard InChI is InChI=1S/C20H30N2O4/c1-14-10-16(12-18(11-14)25-8-3-7-23)15(2)22(17-4-5-17)20(24)19-13-21-6-9-26-19/h10-12,15,17,19,21,23H,3-9,13H2,1-2H3/t15-,19-/m1/s1. The van der Waals surface area contributed by atoms with Crippen molar-refractivity contribution in [2.45, 2.75) is 51.3 Å². The van der Waals surface area contributed by atoms with Crippen LogP contribution in [0, 0.1) is 6.92 Å². The molecule has 1 aliphatic heterocycles. The lowest BCUT2D eigenvalue weighted by molar-refractivity contribution is -0.148. The number of carbonyl (C=O) groups is 1. The van der Waals surface area contributed by atoms with Gasteiger partial charge in [-0.05, 0) is 49.9 Å². The van der Waals surface area contributed by atoms with Crippen LogP contribution in [0.2, 0.25) is 0 Å². The number of amides is 1. The fourth-order valence-electron chi connectivity index (χ4n) is 3.45. The number of benzene rings is 1. The molecule has 2 atom stereocenters. The second kappa shape index (κ2) is 8.84. The molecular formula is C20H30N2O4. The van der Waals surface area contributed by atoms with Crippen molar-refractivity contribution >= 4 is 5.91 Å². The molecule has 144 valence electrons. The van der Waals surface area contributed by atoms with E-state index in [1.165, 1.54) is 0 Å². The Morgan fingerprint density at radius 2 is 2.23 bits per heavy atom. The molecule has 1 amide bonds. The van der Waals surface area contributed by atoms with E-state index in [0.717, 1.165) is 36.3 Å². The number of aliphatic hydroxyl groups excluding tert-OH is 1. The van der Waals surface area contributed by atoms with Gasteiger partial charge in [-0.1, -0.05) is 6.07 Å². The summed E-state index contributed by atoms with van der Waals surface area (Å²) in [4.78, 5) is 15.1. The summed E-state index contributed by atoms with van der Waals surface area (Å²) in [5.74, 6) is 0.871. The van der Waals surface area contributed by atoms with Crippen LogP contribution in [0.1, 0.15) is 43.4 Å². The SMILES string of the molecule is Cc1cc(OCCCO)cc([C@@H](C)N(C(=O)[C@H]2CNCCO2)C2CC2)c1. The normalized spacial score (nSPS) is 21.3. The third-order valence-corrected chi connectivity index (χ3v) is 4.94. The molecule has 0 unspecified atom stereocenters. The van der Waals surface area contributed by atoms with Gasteiger partial charge in [-0.25, -0.2) is 0 Å². The number of aliphatic hydroxyl groups is 1. The molecule has 1 saturated heterocycles. The third kappa shape index (κ3) is 4.75. The largest absolute Gasteiger partial charge is 0.493 e. The van der Waals surface area contributed by atoms with Crippen molar-refractivity contribution in [3.8, 4) is 5.75 Å². The Labute approximate surface area is 155 Å². The number of aryl methyl sites for hydroxylation is 1. The average molecular weight is 362 g/mol. The summed E-state index contributed by atoms with van der Waals surface area (Å²) in [6.45, 7) is 6.68. The van der Waals surface area contributed by atoms with Gasteiger partial charge in [-0.2, -0.15) is 0 Å². The lowest BCUT2D eigenvalue weighted by Gasteiger charge is -2.34. The van der Waals surface area contributed by atoms with Crippen LogP contribution in [0.5, 0.6) is 5.75 Å². The molecule has 1 aliphatic carbocycles. The smallest absolute Gasteiger partial charge is 0.253 e. The Kier molecular flexibility index (Phi) is 6.51. The van der Waals surface area contributed by atoms with Crippen LogP contribution in [0.25, 0.3) is 0 Å². The summed E-state index contributed by atoms with van der Waals surface area (Å²) < 4.78 is 11.4. The number of morpholine rings is 1. The van der Waals surface area contributed by atoms with E-state index < -0.39 is 6.10 Å². The lowest BCUT2D eigenvalue weighted by atomic mass is 10.0. The number of ether oxygens (including phenoxy) is 2. The summed E-state index contributed by atoms with van der Waals surface area (Å²) in [6, 6.07) is 6.40. The van der Waals surface area contributed by atoms with Crippen LogP contribution >= 0.6 is 0 Å². The van der Waals surface area contributed by atoms with Gasteiger partial charge < -0.3 is 24.8 Å². The molecule has 3 rings (SSSR count). The van der Waals surface area contributed by atoms with Crippen molar-refractivity contribution in [1.82, 2.24) is 10.2 Å². The topological polar surface area (TPSA) is 71.0 Å². The summed E-state index contributed by atoms with van der Waals surface area (Å²) in [5, 5.41) is 12.2. The first kappa shape index (κ1) is 19.1. The van der Waals surface area contributed by atoms with Gasteiger partial charge in [-0.3, -0.25) is 4.79 Å². The molecule has 0 spiro atoms. The van der Waals surface area contributed by atoms with Crippen LogP contribution in [0.4, 0.5) is 0 Å². The number of hydrogen-bond donors (Lipinski definition) is 2. The first-order valence-electron chi connectivity index (χ1n) is 9.60. The quantitative estimate of drug-likeness (QED) is 0.690. The van der Waals surface area contributed by atoms with Gasteiger partial charge >= 0.3 is 0 Å². The van der Waals surface area contributed by atoms with Gasteiger partial charge in [0.2, 0.25) is 0 Å². The van der Waals surface area contributed by atoms with Gasteiger partial charge in [0.15, 0.2) is 0 Å². The van der Waals surface area contributed by atoms with Crippen molar-refractivity contribution in [1.29, 1.82) is 0 Å². The number of carbonyl (C=O) groups excluding carboxylic acids is 1. The predicted molar refractivity (Wildman–Crippen MR) is 99.3 cm³/mol. The van der Waals surface area contributed by atoms with E-state index in [-0.39, 0.29) is 18.6 Å². The van der Waals surface area contributed by atoms with Crippen LogP contribution < -0.4 is 10.1 Å². The van der Waals surface area contributed by atoms with E-state index in [4.69, 9.17) is 14.6 Å². The van der Waals surface area contributed by atoms with E-state index >= 15 is 0 Å². The average Bonchev–Trinajstić information content (AvgIpc) is 3.47. The maximum Gasteiger partial charge on any atom is 0.253 e. The van der Waals surface area contributed by atoms with E-state index in [1.54, 1.807) is 0 Å². The first-order valence-corrected chi connectivity index (χ1v) is 9.60. The summed E-state index contributed by atoms with van der Waals surface area (Å²) >= 11 is 0. The molecule has 1 aromatic rings. The molecular weight excluding hydrogens is 332 g/mol. The highest BCUT2D eigenvalue weighted by Gasteiger charge is 2.40. The van der Waals surface area contributed by atoms with Crippen LogP contribution in [0.3, 0.4) is 0 Å². The van der Waals surface area contributed by atoms with E-state index in [9.17, 15) is 4.79 Å². The Balaban J connectivity index is 1.76. The van der Waals surface area contributed by atoms with Crippen LogP contribution in [0.15, 0.2) is 18.2 Å². The summed E-state index contributed by atoms with van der Waals surface area (Å²) in [6.07, 6.45) is 2.33. The molecule has 0 bridgehead atoms. The van der Waals surface area contributed by atoms with Crippen molar-refractivity contribution in [3.05, 3.63) is 29.3 Å². The maximum atomic E-state index is 13.1. The molecule has 26 heavy (non-hydrogen) atoms. The minimum atomic E-state index is -0.392. The lowest BCUT2D eigenvalue weighted by Crippen LogP contribution is -2.50. The van der Waals surface area contributed by atoms with E-state index in [0.29, 0.717) is 32.2 Å². The molecule has 2 N–H and O–H groups in total. The van der Waals surface area contributed by atoms with Gasteiger partial charge in [0, 0.05) is 32.2 Å². The van der Waals surface area contributed by atoms with E-state index in [2.05, 4.69) is 18.3 Å². The Bertz CT molecular complexity index is 612. The summed E-state index contributed by atoms with van der Waals surface area (Å²) in [5.41, 5.74) is 2.18. The Morgan fingerprint density at radius 3 is 2.88 bits per heavy atom. The van der Waals surface area contributed by atoms with Crippen molar-refractivity contribution in [2.75, 3.05) is 32.9 Å². The molecule has 1 saturated carbocycles. The molecule has 6 nitrogen and oxygen atoms in total. The molecule has 1 aromatic carbocycles. The second-order valence-electron chi connectivity index (χ2n) is 7.22. The highest BCUT2D eigenvalue weighted by molar-refractivity contribution is 5.82. The van der Waals surface area contributed by atoms with E-state index in [1.807, 2.05) is 24.0 Å². The highest BCUT2D eigenvalue weighted by Crippen LogP contribution is 2.36. The third-order valence-electron chi connectivity index (χ3n) is 4.94. The fraction of sp³-hybridized carbons (Fsp3) is 0.650. The molecule has 6 heteroatoms. The molecule has 0 aromatic heterocycles. The number of nitrogens with zero attached hydrogens (tertiary/aromatic N) is 1. The van der Waals surface area contributed by atoms with Gasteiger partial charge in [0.25, 0.3) is 5.91 Å².